The summed E-state index contributed by atoms with van der Waals surface area (Å²) in [6.45, 7) is 14.6. The molecule has 2 aliphatic heterocycles. The molecule has 3 rings (SSSR count). The molecule has 0 amide bonds. The van der Waals surface area contributed by atoms with E-state index in [2.05, 4.69) is 44.7 Å². The van der Waals surface area contributed by atoms with Crippen molar-refractivity contribution in [3.8, 4) is 6.07 Å². The number of nitrogens with zero attached hydrogens (tertiary/aromatic N) is 2. The Morgan fingerprint density at radius 3 is 2.00 bits per heavy atom. The molecule has 0 aliphatic carbocycles. The van der Waals surface area contributed by atoms with Gasteiger partial charge in [0.2, 0.25) is 0 Å². The predicted octanol–water partition coefficient (Wildman–Crippen LogP) is 6.21. The van der Waals surface area contributed by atoms with Crippen LogP contribution < -0.4 is 4.90 Å². The number of benzene rings is 1. The van der Waals surface area contributed by atoms with Gasteiger partial charge in [0, 0.05) is 50.8 Å². The van der Waals surface area contributed by atoms with E-state index in [1.807, 2.05) is 12.1 Å². The average Bonchev–Trinajstić information content (AvgIpc) is 3.01. The van der Waals surface area contributed by atoms with Crippen molar-refractivity contribution in [1.82, 2.24) is 0 Å². The molecule has 2 heterocycles. The number of hydrogen-bond acceptors (Lipinski definition) is 8. The van der Waals surface area contributed by atoms with E-state index >= 15 is 0 Å². The first-order valence-corrected chi connectivity index (χ1v) is 16.1. The first kappa shape index (κ1) is 33.8. The molecule has 0 spiro atoms. The van der Waals surface area contributed by atoms with Crippen molar-refractivity contribution < 1.29 is 28.4 Å². The number of rotatable bonds is 19. The molecule has 2 fully saturated rings. The van der Waals surface area contributed by atoms with Crippen LogP contribution in [0.2, 0.25) is 0 Å². The summed E-state index contributed by atoms with van der Waals surface area (Å²) in [6, 6.07) is 8.25. The standard InChI is InChI=1S/C33H54N2O6/c1-5-9-17-37-25-29-31(38-18-10-6-2)33(40-20-12-8-4)32(39-19-11-7-3)30(41-29)27-23-26(24-34)13-14-28(27)35-15-21-36-22-16-35/h13-14,23,29-33H,5-12,15-22,25H2,1-4H3/t29-,30?,31-,32+,33+/m1/s1. The van der Waals surface area contributed by atoms with Crippen LogP contribution in [0.15, 0.2) is 18.2 Å². The largest absolute Gasteiger partial charge is 0.379 e. The first-order chi connectivity index (χ1) is 20.2. The van der Waals surface area contributed by atoms with E-state index < -0.39 is 6.10 Å². The Morgan fingerprint density at radius 2 is 1.39 bits per heavy atom. The van der Waals surface area contributed by atoms with Gasteiger partial charge in [-0.15, -0.1) is 0 Å². The molecule has 0 bridgehead atoms. The molecule has 1 aromatic carbocycles. The van der Waals surface area contributed by atoms with Gasteiger partial charge >= 0.3 is 0 Å². The lowest BCUT2D eigenvalue weighted by atomic mass is 9.88. The minimum Gasteiger partial charge on any atom is -0.379 e. The summed E-state index contributed by atoms with van der Waals surface area (Å²) in [4.78, 5) is 2.33. The molecular formula is C33H54N2O6. The molecule has 1 unspecified atom stereocenters. The average molecular weight is 575 g/mol. The second-order valence-corrected chi connectivity index (χ2v) is 11.1. The summed E-state index contributed by atoms with van der Waals surface area (Å²) in [6.07, 6.45) is 6.31. The molecule has 41 heavy (non-hydrogen) atoms. The normalized spacial score (nSPS) is 24.9. The van der Waals surface area contributed by atoms with Crippen molar-refractivity contribution in [2.45, 2.75) is 110 Å². The Labute approximate surface area is 248 Å². The smallest absolute Gasteiger partial charge is 0.117 e. The van der Waals surface area contributed by atoms with Crippen LogP contribution in [0, 0.1) is 11.3 Å². The highest BCUT2D eigenvalue weighted by atomic mass is 16.6. The van der Waals surface area contributed by atoms with Crippen LogP contribution in [-0.4, -0.2) is 83.8 Å². The first-order valence-electron chi connectivity index (χ1n) is 16.1. The molecule has 8 nitrogen and oxygen atoms in total. The molecule has 232 valence electrons. The molecule has 5 atom stereocenters. The third kappa shape index (κ3) is 10.2. The van der Waals surface area contributed by atoms with Gasteiger partial charge in [-0.25, -0.2) is 0 Å². The van der Waals surface area contributed by atoms with Crippen LogP contribution >= 0.6 is 0 Å². The molecule has 2 aliphatic rings. The second-order valence-electron chi connectivity index (χ2n) is 11.1. The Balaban J connectivity index is 2.05. The highest BCUT2D eigenvalue weighted by Gasteiger charge is 2.49. The molecule has 0 saturated carbocycles. The molecule has 1 aromatic rings. The van der Waals surface area contributed by atoms with Crippen LogP contribution in [0.1, 0.15) is 96.3 Å². The molecule has 0 radical (unpaired) electrons. The predicted molar refractivity (Wildman–Crippen MR) is 161 cm³/mol. The molecule has 0 aromatic heterocycles. The van der Waals surface area contributed by atoms with Crippen molar-refractivity contribution in [3.63, 3.8) is 0 Å². The fourth-order valence-electron chi connectivity index (χ4n) is 5.35. The topological polar surface area (TPSA) is 82.4 Å². The van der Waals surface area contributed by atoms with Crippen LogP contribution in [0.5, 0.6) is 0 Å². The lowest BCUT2D eigenvalue weighted by molar-refractivity contribution is -0.268. The van der Waals surface area contributed by atoms with Gasteiger partial charge in [0.1, 0.15) is 30.5 Å². The number of nitriles is 1. The Bertz CT molecular complexity index is 887. The van der Waals surface area contributed by atoms with Gasteiger partial charge in [-0.3, -0.25) is 0 Å². The van der Waals surface area contributed by atoms with Crippen LogP contribution in [0.4, 0.5) is 5.69 Å². The lowest BCUT2D eigenvalue weighted by Crippen LogP contribution is -2.59. The Hall–Kier alpha value is -1.73. The van der Waals surface area contributed by atoms with Gasteiger partial charge < -0.3 is 33.3 Å². The van der Waals surface area contributed by atoms with Gasteiger partial charge in [0.25, 0.3) is 0 Å². The summed E-state index contributed by atoms with van der Waals surface area (Å²) >= 11 is 0. The van der Waals surface area contributed by atoms with E-state index in [1.54, 1.807) is 0 Å². The lowest BCUT2D eigenvalue weighted by Gasteiger charge is -2.47. The summed E-state index contributed by atoms with van der Waals surface area (Å²) in [5, 5.41) is 9.86. The van der Waals surface area contributed by atoms with E-state index in [-0.39, 0.29) is 24.4 Å². The maximum absolute atomic E-state index is 9.86. The molecule has 2 saturated heterocycles. The number of anilines is 1. The van der Waals surface area contributed by atoms with Crippen molar-refractivity contribution in [2.75, 3.05) is 64.2 Å². The van der Waals surface area contributed by atoms with E-state index in [4.69, 9.17) is 28.4 Å². The fraction of sp³-hybridized carbons (Fsp3) is 0.788. The van der Waals surface area contributed by atoms with Crippen LogP contribution in [-0.2, 0) is 28.4 Å². The van der Waals surface area contributed by atoms with E-state index in [0.29, 0.717) is 51.8 Å². The van der Waals surface area contributed by atoms with Crippen molar-refractivity contribution in [2.24, 2.45) is 0 Å². The van der Waals surface area contributed by atoms with Crippen LogP contribution in [0.3, 0.4) is 0 Å². The zero-order valence-corrected chi connectivity index (χ0v) is 26.0. The van der Waals surface area contributed by atoms with Crippen molar-refractivity contribution in [3.05, 3.63) is 29.3 Å². The van der Waals surface area contributed by atoms with E-state index in [1.165, 1.54) is 0 Å². The Morgan fingerprint density at radius 1 is 0.805 bits per heavy atom. The minimum absolute atomic E-state index is 0.311. The van der Waals surface area contributed by atoms with Crippen molar-refractivity contribution in [1.29, 1.82) is 5.26 Å². The number of unbranched alkanes of at least 4 members (excludes halogenated alkanes) is 4. The molecule has 0 N–H and O–H groups in total. The van der Waals surface area contributed by atoms with E-state index in [9.17, 15) is 5.26 Å². The van der Waals surface area contributed by atoms with Gasteiger partial charge in [-0.05, 0) is 43.9 Å². The number of hydrogen-bond donors (Lipinski definition) is 0. The SMILES string of the molecule is CCCCOC[C@H]1OC(c2cc(C#N)ccc2N2CCOCC2)[C@H](OCCCC)[C@@H](OCCCC)[C@@H]1OCCCC. The van der Waals surface area contributed by atoms with Gasteiger partial charge in [0.15, 0.2) is 0 Å². The third-order valence-electron chi connectivity index (χ3n) is 7.80. The van der Waals surface area contributed by atoms with Crippen LogP contribution in [0.25, 0.3) is 0 Å². The summed E-state index contributed by atoms with van der Waals surface area (Å²) in [7, 11) is 0. The monoisotopic (exact) mass is 574 g/mol. The summed E-state index contributed by atoms with van der Waals surface area (Å²) < 4.78 is 38.7. The summed E-state index contributed by atoms with van der Waals surface area (Å²) in [5.74, 6) is 0. The summed E-state index contributed by atoms with van der Waals surface area (Å²) in [5.41, 5.74) is 2.63. The maximum atomic E-state index is 9.86. The van der Waals surface area contributed by atoms with Gasteiger partial charge in [-0.2, -0.15) is 5.26 Å². The second kappa shape index (κ2) is 19.5. The van der Waals surface area contributed by atoms with Gasteiger partial charge in [0.05, 0.1) is 31.5 Å². The highest BCUT2D eigenvalue weighted by molar-refractivity contribution is 5.58. The van der Waals surface area contributed by atoms with E-state index in [0.717, 1.165) is 75.7 Å². The number of ether oxygens (including phenoxy) is 6. The third-order valence-corrected chi connectivity index (χ3v) is 7.80. The zero-order chi connectivity index (χ0) is 29.3. The Kier molecular flexibility index (Phi) is 16.0. The molecule has 8 heteroatoms. The molecular weight excluding hydrogens is 520 g/mol. The number of morpholine rings is 1. The zero-order valence-electron chi connectivity index (χ0n) is 26.0. The van der Waals surface area contributed by atoms with Crippen molar-refractivity contribution >= 4 is 5.69 Å². The minimum atomic E-state index is -0.435. The quantitative estimate of drug-likeness (QED) is 0.181. The fourth-order valence-corrected chi connectivity index (χ4v) is 5.35. The highest BCUT2D eigenvalue weighted by Crippen LogP contribution is 2.41. The maximum Gasteiger partial charge on any atom is 0.117 e. The van der Waals surface area contributed by atoms with Gasteiger partial charge in [-0.1, -0.05) is 53.4 Å².